The van der Waals surface area contributed by atoms with E-state index in [1.165, 1.54) is 9.36 Å². The standard InChI is InChI=1S/C13H14N6O2/c1-2-12(20)11-7-18(16-15-11)8-19-13(21)9-5-3-4-6-10(9)14-17-19/h3-7,12,20H,2,8H2,1H3. The van der Waals surface area contributed by atoms with Crippen LogP contribution in [0.2, 0.25) is 0 Å². The van der Waals surface area contributed by atoms with Crippen molar-refractivity contribution in [3.63, 3.8) is 0 Å². The summed E-state index contributed by atoms with van der Waals surface area (Å²) >= 11 is 0. The minimum Gasteiger partial charge on any atom is -0.387 e. The van der Waals surface area contributed by atoms with Gasteiger partial charge in [0.05, 0.1) is 17.7 Å². The van der Waals surface area contributed by atoms with Crippen LogP contribution in [0.25, 0.3) is 10.9 Å². The minimum atomic E-state index is -0.654. The highest BCUT2D eigenvalue weighted by Crippen LogP contribution is 2.11. The van der Waals surface area contributed by atoms with Crippen LogP contribution in [-0.4, -0.2) is 35.1 Å². The Morgan fingerprint density at radius 2 is 2.05 bits per heavy atom. The van der Waals surface area contributed by atoms with Gasteiger partial charge < -0.3 is 5.11 Å². The molecule has 0 aliphatic heterocycles. The summed E-state index contributed by atoms with van der Waals surface area (Å²) in [5.74, 6) is 0. The number of nitrogens with zero attached hydrogens (tertiary/aromatic N) is 6. The number of aromatic nitrogens is 6. The van der Waals surface area contributed by atoms with E-state index in [0.717, 1.165) is 0 Å². The Morgan fingerprint density at radius 3 is 2.86 bits per heavy atom. The van der Waals surface area contributed by atoms with Gasteiger partial charge in [0.15, 0.2) is 0 Å². The molecule has 1 atom stereocenters. The van der Waals surface area contributed by atoms with Crippen LogP contribution < -0.4 is 5.56 Å². The van der Waals surface area contributed by atoms with E-state index in [9.17, 15) is 9.90 Å². The fourth-order valence-corrected chi connectivity index (χ4v) is 2.00. The van der Waals surface area contributed by atoms with Crippen LogP contribution in [0.3, 0.4) is 0 Å². The molecule has 0 saturated heterocycles. The lowest BCUT2D eigenvalue weighted by Gasteiger charge is -2.04. The molecule has 2 heterocycles. The molecule has 3 aromatic rings. The first kappa shape index (κ1) is 13.4. The zero-order valence-corrected chi connectivity index (χ0v) is 11.4. The van der Waals surface area contributed by atoms with Crippen molar-refractivity contribution in [3.8, 4) is 0 Å². The van der Waals surface area contributed by atoms with Crippen LogP contribution >= 0.6 is 0 Å². The molecule has 0 radical (unpaired) electrons. The van der Waals surface area contributed by atoms with Gasteiger partial charge in [-0.15, -0.1) is 10.2 Å². The second-order valence-electron chi connectivity index (χ2n) is 4.66. The number of benzene rings is 1. The molecule has 2 aromatic heterocycles. The molecule has 1 aromatic carbocycles. The quantitative estimate of drug-likeness (QED) is 0.742. The van der Waals surface area contributed by atoms with Crippen LogP contribution in [0.1, 0.15) is 25.1 Å². The Morgan fingerprint density at radius 1 is 1.24 bits per heavy atom. The zero-order valence-electron chi connectivity index (χ0n) is 11.4. The van der Waals surface area contributed by atoms with Crippen LogP contribution in [0, 0.1) is 0 Å². The van der Waals surface area contributed by atoms with Crippen LogP contribution in [0.5, 0.6) is 0 Å². The Bertz CT molecular complexity index is 825. The Balaban J connectivity index is 1.93. The van der Waals surface area contributed by atoms with Gasteiger partial charge in [-0.05, 0) is 18.6 Å². The minimum absolute atomic E-state index is 0.0973. The van der Waals surface area contributed by atoms with Gasteiger partial charge in [-0.3, -0.25) is 4.79 Å². The zero-order chi connectivity index (χ0) is 14.8. The molecule has 1 N–H and O–H groups in total. The van der Waals surface area contributed by atoms with Gasteiger partial charge in [0.2, 0.25) is 0 Å². The molecule has 0 fully saturated rings. The fraction of sp³-hybridized carbons (Fsp3) is 0.308. The molecule has 0 amide bonds. The second-order valence-corrected chi connectivity index (χ2v) is 4.66. The van der Waals surface area contributed by atoms with Crippen molar-refractivity contribution < 1.29 is 5.11 Å². The van der Waals surface area contributed by atoms with Crippen molar-refractivity contribution in [1.82, 2.24) is 30.0 Å². The summed E-state index contributed by atoms with van der Waals surface area (Å²) in [6.45, 7) is 1.95. The maximum atomic E-state index is 12.3. The highest BCUT2D eigenvalue weighted by atomic mass is 16.3. The molecule has 0 aliphatic rings. The van der Waals surface area contributed by atoms with Crippen molar-refractivity contribution >= 4 is 10.9 Å². The summed E-state index contributed by atoms with van der Waals surface area (Å²) in [6.07, 6.45) is 1.49. The molecule has 108 valence electrons. The Hall–Kier alpha value is -2.61. The largest absolute Gasteiger partial charge is 0.387 e. The van der Waals surface area contributed by atoms with Crippen LogP contribution in [0.4, 0.5) is 0 Å². The van der Waals surface area contributed by atoms with Crippen molar-refractivity contribution in [2.75, 3.05) is 0 Å². The lowest BCUT2D eigenvalue weighted by molar-refractivity contribution is 0.168. The van der Waals surface area contributed by atoms with E-state index < -0.39 is 6.10 Å². The summed E-state index contributed by atoms with van der Waals surface area (Å²) in [5, 5.41) is 25.8. The van der Waals surface area contributed by atoms with Gasteiger partial charge in [0.1, 0.15) is 17.9 Å². The third-order valence-corrected chi connectivity index (χ3v) is 3.19. The predicted molar refractivity (Wildman–Crippen MR) is 74.5 cm³/mol. The molecular formula is C13H14N6O2. The predicted octanol–water partition coefficient (Wildman–Crippen LogP) is 0.332. The van der Waals surface area contributed by atoms with Gasteiger partial charge >= 0.3 is 0 Å². The Labute approximate surface area is 119 Å². The summed E-state index contributed by atoms with van der Waals surface area (Å²) < 4.78 is 2.65. The van der Waals surface area contributed by atoms with E-state index in [1.54, 1.807) is 30.5 Å². The second kappa shape index (κ2) is 5.41. The molecule has 21 heavy (non-hydrogen) atoms. The van der Waals surface area contributed by atoms with Gasteiger partial charge in [-0.25, -0.2) is 4.68 Å². The van der Waals surface area contributed by atoms with Crippen molar-refractivity contribution in [3.05, 3.63) is 46.5 Å². The molecule has 0 bridgehead atoms. The van der Waals surface area contributed by atoms with Crippen molar-refractivity contribution in [2.24, 2.45) is 0 Å². The molecule has 8 heteroatoms. The van der Waals surface area contributed by atoms with E-state index in [0.29, 0.717) is 23.0 Å². The topological polar surface area (TPSA) is 98.7 Å². The number of rotatable bonds is 4. The first-order valence-corrected chi connectivity index (χ1v) is 6.59. The van der Waals surface area contributed by atoms with E-state index >= 15 is 0 Å². The van der Waals surface area contributed by atoms with Gasteiger partial charge in [0, 0.05) is 0 Å². The number of aliphatic hydroxyl groups excluding tert-OH is 1. The maximum absolute atomic E-state index is 12.3. The third-order valence-electron chi connectivity index (χ3n) is 3.19. The van der Waals surface area contributed by atoms with Gasteiger partial charge in [0.25, 0.3) is 5.56 Å². The van der Waals surface area contributed by atoms with Crippen molar-refractivity contribution in [1.29, 1.82) is 0 Å². The lowest BCUT2D eigenvalue weighted by Crippen LogP contribution is -2.27. The summed E-state index contributed by atoms with van der Waals surface area (Å²) in [7, 11) is 0. The summed E-state index contributed by atoms with van der Waals surface area (Å²) in [5.41, 5.74) is 0.785. The van der Waals surface area contributed by atoms with Crippen LogP contribution in [-0.2, 0) is 6.67 Å². The molecule has 0 saturated carbocycles. The van der Waals surface area contributed by atoms with E-state index in [2.05, 4.69) is 20.6 Å². The van der Waals surface area contributed by atoms with Gasteiger partial charge in [-0.2, -0.15) is 4.68 Å². The molecule has 0 aliphatic carbocycles. The molecular weight excluding hydrogens is 272 g/mol. The first-order valence-electron chi connectivity index (χ1n) is 6.59. The normalized spacial score (nSPS) is 12.7. The smallest absolute Gasteiger partial charge is 0.279 e. The molecule has 3 rings (SSSR count). The SMILES string of the molecule is CCC(O)c1cn(Cn2nnc3ccccc3c2=O)nn1. The first-order chi connectivity index (χ1) is 10.2. The molecule has 0 spiro atoms. The lowest BCUT2D eigenvalue weighted by atomic mass is 10.2. The average molecular weight is 286 g/mol. The number of aliphatic hydroxyl groups is 1. The highest BCUT2D eigenvalue weighted by molar-refractivity contribution is 5.76. The van der Waals surface area contributed by atoms with Crippen LogP contribution in [0.15, 0.2) is 35.3 Å². The average Bonchev–Trinajstić information content (AvgIpc) is 2.98. The number of hydrogen-bond donors (Lipinski definition) is 1. The molecule has 8 nitrogen and oxygen atoms in total. The third kappa shape index (κ3) is 2.52. The van der Waals surface area contributed by atoms with E-state index in [4.69, 9.17) is 0 Å². The fourth-order valence-electron chi connectivity index (χ4n) is 2.00. The molecule has 1 unspecified atom stereocenters. The van der Waals surface area contributed by atoms with E-state index in [1.807, 2.05) is 6.92 Å². The van der Waals surface area contributed by atoms with Crippen molar-refractivity contribution in [2.45, 2.75) is 26.1 Å². The highest BCUT2D eigenvalue weighted by Gasteiger charge is 2.11. The van der Waals surface area contributed by atoms with Gasteiger partial charge in [-0.1, -0.05) is 29.5 Å². The number of hydrogen-bond acceptors (Lipinski definition) is 6. The Kier molecular flexibility index (Phi) is 3.44. The number of fused-ring (bicyclic) bond motifs is 1. The summed E-state index contributed by atoms with van der Waals surface area (Å²) in [6, 6.07) is 7.02. The monoisotopic (exact) mass is 286 g/mol. The maximum Gasteiger partial charge on any atom is 0.279 e. The van der Waals surface area contributed by atoms with E-state index in [-0.39, 0.29) is 12.2 Å². The summed E-state index contributed by atoms with van der Waals surface area (Å²) in [4.78, 5) is 12.3.